The Labute approximate surface area is 335 Å². The first-order chi connectivity index (χ1) is 26.3. The molecule has 8 rings (SSSR count). The molecular weight excluding hydrogens is 681 g/mol. The van der Waals surface area contributed by atoms with Gasteiger partial charge in [0.15, 0.2) is 0 Å². The molecule has 0 N–H and O–H groups in total. The second-order valence-electron chi connectivity index (χ2n) is 18.7. The molecule has 0 saturated heterocycles. The summed E-state index contributed by atoms with van der Waals surface area (Å²) >= 11 is 0. The van der Waals surface area contributed by atoms with Crippen LogP contribution in [0.4, 0.5) is 0 Å². The Bertz CT molecular complexity index is 2160. The molecule has 0 amide bonds. The van der Waals surface area contributed by atoms with Crippen LogP contribution in [0.2, 0.25) is 0 Å². The molecule has 0 aliphatic rings. The molecule has 3 aromatic heterocycles. The van der Waals surface area contributed by atoms with E-state index in [0.29, 0.717) is 0 Å². The van der Waals surface area contributed by atoms with Gasteiger partial charge in [-0.25, -0.2) is 9.97 Å². The van der Waals surface area contributed by atoms with Crippen molar-refractivity contribution in [2.24, 2.45) is 0 Å². The van der Waals surface area contributed by atoms with E-state index in [1.165, 1.54) is 43.8 Å². The van der Waals surface area contributed by atoms with Gasteiger partial charge in [-0.2, -0.15) is 0 Å². The van der Waals surface area contributed by atoms with Gasteiger partial charge in [0.05, 0.1) is 16.6 Å². The molecule has 4 heteroatoms. The minimum Gasteiger partial charge on any atom is -0.256 e. The van der Waals surface area contributed by atoms with E-state index in [0.717, 1.165) is 21.9 Å². The van der Waals surface area contributed by atoms with Gasteiger partial charge in [0.25, 0.3) is 0 Å². The molecule has 4 nitrogen and oxygen atoms in total. The highest BCUT2D eigenvalue weighted by Crippen LogP contribution is 2.28. The van der Waals surface area contributed by atoms with E-state index in [2.05, 4.69) is 212 Å². The lowest BCUT2D eigenvalue weighted by Gasteiger charge is -2.19. The Kier molecular flexibility index (Phi) is 12.7. The Morgan fingerprint density at radius 2 is 0.732 bits per heavy atom. The highest BCUT2D eigenvalue weighted by Gasteiger charge is 2.16. The molecule has 0 aliphatic heterocycles. The highest BCUT2D eigenvalue weighted by molar-refractivity contribution is 5.83. The Hall–Kier alpha value is -5.48. The zero-order valence-corrected chi connectivity index (χ0v) is 35.6. The Morgan fingerprint density at radius 1 is 0.321 bits per heavy atom. The van der Waals surface area contributed by atoms with Crippen LogP contribution in [0.25, 0.3) is 43.5 Å². The van der Waals surface area contributed by atoms with Gasteiger partial charge >= 0.3 is 0 Å². The topological polar surface area (TPSA) is 51.6 Å². The monoisotopic (exact) mass is 740 g/mol. The van der Waals surface area contributed by atoms with Crippen LogP contribution in [-0.2, 0) is 21.7 Å². The van der Waals surface area contributed by atoms with E-state index < -0.39 is 0 Å². The molecule has 288 valence electrons. The highest BCUT2D eigenvalue weighted by atomic mass is 14.8. The number of benzene rings is 5. The molecule has 8 aromatic rings. The van der Waals surface area contributed by atoms with Gasteiger partial charge in [-0.15, -0.1) is 0 Å². The first-order valence-electron chi connectivity index (χ1n) is 19.7. The maximum atomic E-state index is 4.36. The Balaban J connectivity index is 0.000000143. The van der Waals surface area contributed by atoms with Crippen molar-refractivity contribution >= 4 is 43.5 Å². The summed E-state index contributed by atoms with van der Waals surface area (Å²) in [5.74, 6) is 0. The third-order valence-corrected chi connectivity index (χ3v) is 9.93. The van der Waals surface area contributed by atoms with Crippen molar-refractivity contribution in [1.82, 2.24) is 19.9 Å². The number of rotatable bonds is 0. The van der Waals surface area contributed by atoms with Crippen molar-refractivity contribution in [2.75, 3.05) is 0 Å². The van der Waals surface area contributed by atoms with E-state index in [1.54, 1.807) is 6.33 Å². The zero-order valence-electron chi connectivity index (χ0n) is 35.6. The second-order valence-corrected chi connectivity index (χ2v) is 18.7. The number of pyridine rings is 2. The number of hydrogen-bond acceptors (Lipinski definition) is 4. The third kappa shape index (κ3) is 11.3. The second kappa shape index (κ2) is 17.1. The molecule has 0 fully saturated rings. The molecule has 5 aromatic carbocycles. The molecule has 3 heterocycles. The number of fused-ring (bicyclic) bond motifs is 4. The van der Waals surface area contributed by atoms with Crippen LogP contribution >= 0.6 is 0 Å². The average molecular weight is 741 g/mol. The SMILES string of the molecule is CC(C)(C)c1ccc2ccccc2c1.CC(C)(C)c1ccc2cccnc2c1.CC(C)(C)c1ccc2ncccc2c1.CC(C)(C)c1ccc2ncncc2c1. The van der Waals surface area contributed by atoms with Crippen molar-refractivity contribution in [3.05, 3.63) is 168 Å². The van der Waals surface area contributed by atoms with Crippen LogP contribution in [0.1, 0.15) is 105 Å². The molecular formula is C52H60N4. The van der Waals surface area contributed by atoms with Crippen molar-refractivity contribution in [2.45, 2.75) is 105 Å². The lowest BCUT2D eigenvalue weighted by molar-refractivity contribution is 0.590. The standard InChI is InChI=1S/C14H16.2C13H15N.C12H14N2/c1-14(2,3)13-9-8-11-6-4-5-7-12(11)10-13;1-13(2,3)11-6-7-12-10(9-11)5-4-8-14-12;1-13(2,3)11-7-6-10-5-4-8-14-12(10)9-11;1-12(2,3)10-4-5-11-9(6-10)7-13-8-14-11/h4-10H,1-3H3;2*4-9H,1-3H3;4-8H,1-3H3. The van der Waals surface area contributed by atoms with E-state index in [9.17, 15) is 0 Å². The molecule has 56 heavy (non-hydrogen) atoms. The summed E-state index contributed by atoms with van der Waals surface area (Å²) < 4.78 is 0. The van der Waals surface area contributed by atoms with E-state index in [1.807, 2.05) is 30.7 Å². The molecule has 0 bridgehead atoms. The van der Waals surface area contributed by atoms with Crippen LogP contribution < -0.4 is 0 Å². The van der Waals surface area contributed by atoms with Crippen molar-refractivity contribution in [3.63, 3.8) is 0 Å². The van der Waals surface area contributed by atoms with Gasteiger partial charge in [0.1, 0.15) is 6.33 Å². The smallest absolute Gasteiger partial charge is 0.116 e. The maximum Gasteiger partial charge on any atom is 0.116 e. The molecule has 0 spiro atoms. The van der Waals surface area contributed by atoms with Crippen molar-refractivity contribution < 1.29 is 0 Å². The molecule has 0 aliphatic carbocycles. The van der Waals surface area contributed by atoms with Crippen LogP contribution in [-0.4, -0.2) is 19.9 Å². The molecule has 0 atom stereocenters. The van der Waals surface area contributed by atoms with Crippen LogP contribution in [0.15, 0.2) is 146 Å². The fourth-order valence-corrected chi connectivity index (χ4v) is 6.18. The average Bonchev–Trinajstić information content (AvgIpc) is 3.16. The Morgan fingerprint density at radius 3 is 1.30 bits per heavy atom. The third-order valence-electron chi connectivity index (χ3n) is 9.93. The predicted octanol–water partition coefficient (Wildman–Crippen LogP) is 14.1. The van der Waals surface area contributed by atoms with Crippen LogP contribution in [0.3, 0.4) is 0 Å². The summed E-state index contributed by atoms with van der Waals surface area (Å²) in [4.78, 5) is 16.9. The fourth-order valence-electron chi connectivity index (χ4n) is 6.18. The first-order valence-corrected chi connectivity index (χ1v) is 19.7. The normalized spacial score (nSPS) is 11.9. The van der Waals surface area contributed by atoms with E-state index in [4.69, 9.17) is 0 Å². The summed E-state index contributed by atoms with van der Waals surface area (Å²) in [6, 6.07) is 42.7. The first kappa shape index (κ1) is 41.7. The van der Waals surface area contributed by atoms with Crippen LogP contribution in [0, 0.1) is 0 Å². The lowest BCUT2D eigenvalue weighted by atomic mass is 9.86. The number of hydrogen-bond donors (Lipinski definition) is 0. The molecule has 0 unspecified atom stereocenters. The zero-order chi connectivity index (χ0) is 40.7. The lowest BCUT2D eigenvalue weighted by Crippen LogP contribution is -2.10. The van der Waals surface area contributed by atoms with Gasteiger partial charge in [0.2, 0.25) is 0 Å². The molecule has 0 saturated carbocycles. The van der Waals surface area contributed by atoms with Crippen molar-refractivity contribution in [1.29, 1.82) is 0 Å². The minimum atomic E-state index is 0.185. The van der Waals surface area contributed by atoms with Gasteiger partial charge in [-0.1, -0.05) is 162 Å². The van der Waals surface area contributed by atoms with Gasteiger partial charge in [0, 0.05) is 34.7 Å². The predicted molar refractivity (Wildman–Crippen MR) is 242 cm³/mol. The van der Waals surface area contributed by atoms with Crippen molar-refractivity contribution in [3.8, 4) is 0 Å². The van der Waals surface area contributed by atoms with Gasteiger partial charge in [-0.3, -0.25) is 9.97 Å². The quantitative estimate of drug-likeness (QED) is 0.155. The minimum absolute atomic E-state index is 0.185. The number of aromatic nitrogens is 4. The summed E-state index contributed by atoms with van der Waals surface area (Å²) in [6.07, 6.45) is 7.12. The van der Waals surface area contributed by atoms with E-state index in [-0.39, 0.29) is 21.7 Å². The summed E-state index contributed by atoms with van der Waals surface area (Å²) in [6.45, 7) is 26.7. The summed E-state index contributed by atoms with van der Waals surface area (Å²) in [5, 5.41) is 6.20. The summed E-state index contributed by atoms with van der Waals surface area (Å²) in [7, 11) is 0. The summed E-state index contributed by atoms with van der Waals surface area (Å²) in [5.41, 5.74) is 9.41. The van der Waals surface area contributed by atoms with Gasteiger partial charge in [-0.05, 0) is 97.2 Å². The molecule has 0 radical (unpaired) electrons. The van der Waals surface area contributed by atoms with E-state index >= 15 is 0 Å². The number of nitrogens with zero attached hydrogens (tertiary/aromatic N) is 4. The largest absolute Gasteiger partial charge is 0.256 e. The maximum absolute atomic E-state index is 4.36. The van der Waals surface area contributed by atoms with Gasteiger partial charge < -0.3 is 0 Å². The fraction of sp³-hybridized carbons (Fsp3) is 0.308. The van der Waals surface area contributed by atoms with Crippen LogP contribution in [0.5, 0.6) is 0 Å².